The second-order valence-corrected chi connectivity index (χ2v) is 7.19. The first-order chi connectivity index (χ1) is 15.7. The van der Waals surface area contributed by atoms with E-state index in [0.29, 0.717) is 23.0 Å². The van der Waals surface area contributed by atoms with E-state index in [1.807, 2.05) is 84.9 Å². The molecule has 0 amide bonds. The molecule has 0 spiro atoms. The number of rotatable bonds is 5. The van der Waals surface area contributed by atoms with Gasteiger partial charge < -0.3 is 9.84 Å². The first kappa shape index (κ1) is 19.5. The largest absolute Gasteiger partial charge is 0.507 e. The predicted molar refractivity (Wildman–Crippen MR) is 126 cm³/mol. The van der Waals surface area contributed by atoms with Crippen molar-refractivity contribution >= 4 is 23.1 Å². The maximum absolute atomic E-state index is 10.4. The molecule has 5 aromatic rings. The molecule has 0 radical (unpaired) electrons. The molecule has 1 N–H and O–H groups in total. The molecule has 156 valence electrons. The van der Waals surface area contributed by atoms with Crippen LogP contribution in [0.15, 0.2) is 84.9 Å². The van der Waals surface area contributed by atoms with Crippen LogP contribution >= 0.6 is 0 Å². The third-order valence-corrected chi connectivity index (χ3v) is 5.11. The van der Waals surface area contributed by atoms with E-state index in [1.54, 1.807) is 23.9 Å². The maximum atomic E-state index is 10.4. The third-order valence-electron chi connectivity index (χ3n) is 5.11. The first-order valence-corrected chi connectivity index (χ1v) is 10.1. The van der Waals surface area contributed by atoms with Gasteiger partial charge in [-0.15, -0.1) is 5.10 Å². The molecule has 0 atom stereocenters. The Hall–Kier alpha value is -4.45. The van der Waals surface area contributed by atoms with Crippen molar-refractivity contribution in [3.05, 3.63) is 96.3 Å². The van der Waals surface area contributed by atoms with E-state index < -0.39 is 0 Å². The zero-order valence-corrected chi connectivity index (χ0v) is 17.4. The Bertz CT molecular complexity index is 1420. The van der Waals surface area contributed by atoms with Crippen molar-refractivity contribution in [2.75, 3.05) is 7.11 Å². The number of benzene rings is 3. The van der Waals surface area contributed by atoms with Crippen molar-refractivity contribution in [3.8, 4) is 28.7 Å². The van der Waals surface area contributed by atoms with Crippen LogP contribution in [0.25, 0.3) is 40.3 Å². The summed E-state index contributed by atoms with van der Waals surface area (Å²) in [5.41, 5.74) is 2.44. The van der Waals surface area contributed by atoms with Gasteiger partial charge in [0, 0.05) is 5.39 Å². The van der Waals surface area contributed by atoms with E-state index in [9.17, 15) is 5.11 Å². The number of methoxy groups -OCH3 is 1. The molecule has 5 rings (SSSR count). The summed E-state index contributed by atoms with van der Waals surface area (Å²) in [6.45, 7) is 0. The van der Waals surface area contributed by atoms with Gasteiger partial charge in [0.1, 0.15) is 11.5 Å². The molecule has 0 saturated carbocycles. The van der Waals surface area contributed by atoms with Crippen molar-refractivity contribution in [2.24, 2.45) is 0 Å². The highest BCUT2D eigenvalue weighted by Crippen LogP contribution is 2.29. The molecule has 0 aliphatic carbocycles. The molecule has 6 heteroatoms. The number of aromatic hydroxyl groups is 1. The van der Waals surface area contributed by atoms with Crippen LogP contribution in [-0.2, 0) is 0 Å². The Kier molecular flexibility index (Phi) is 5.09. The molecule has 2 aromatic heterocycles. The van der Waals surface area contributed by atoms with Gasteiger partial charge in [-0.3, -0.25) is 0 Å². The maximum Gasteiger partial charge on any atom is 0.175 e. The zero-order valence-electron chi connectivity index (χ0n) is 17.4. The molecule has 3 aromatic carbocycles. The van der Waals surface area contributed by atoms with Crippen molar-refractivity contribution < 1.29 is 9.84 Å². The molecule has 0 fully saturated rings. The zero-order chi connectivity index (χ0) is 21.9. The number of fused-ring (bicyclic) bond motifs is 1. The summed E-state index contributed by atoms with van der Waals surface area (Å²) < 4.78 is 6.87. The molecule has 6 nitrogen and oxygen atoms in total. The quantitative estimate of drug-likeness (QED) is 0.414. The molecule has 32 heavy (non-hydrogen) atoms. The summed E-state index contributed by atoms with van der Waals surface area (Å²) in [5.74, 6) is 2.58. The second kappa shape index (κ2) is 8.35. The fourth-order valence-electron chi connectivity index (χ4n) is 3.45. The van der Waals surface area contributed by atoms with Gasteiger partial charge >= 0.3 is 0 Å². The van der Waals surface area contributed by atoms with E-state index in [0.717, 1.165) is 22.2 Å². The molecule has 2 heterocycles. The summed E-state index contributed by atoms with van der Waals surface area (Å²) in [7, 11) is 1.64. The number of pyridine rings is 1. The van der Waals surface area contributed by atoms with Gasteiger partial charge in [-0.2, -0.15) is 4.68 Å². The van der Waals surface area contributed by atoms with E-state index in [1.165, 1.54) is 0 Å². The average molecular weight is 420 g/mol. The number of nitrogens with zero attached hydrogens (tertiary/aromatic N) is 4. The van der Waals surface area contributed by atoms with Crippen LogP contribution in [0.4, 0.5) is 0 Å². The molecular formula is C26H20N4O2. The lowest BCUT2D eigenvalue weighted by molar-refractivity contribution is 0.415. The number of phenols is 1. The standard InChI is InChI=1S/C26H20N4O2/c1-32-20-14-10-18(11-15-20)12-16-24-28-26(21-7-3-5-9-23(21)31)30(29-24)25-17-13-19-6-2-4-8-22(19)27-25/h2-17,31H,1H3. The minimum absolute atomic E-state index is 0.132. The first-order valence-electron chi connectivity index (χ1n) is 10.1. The summed E-state index contributed by atoms with van der Waals surface area (Å²) in [6.07, 6.45) is 3.77. The van der Waals surface area contributed by atoms with E-state index in [2.05, 4.69) is 10.1 Å². The lowest BCUT2D eigenvalue weighted by atomic mass is 10.2. The summed E-state index contributed by atoms with van der Waals surface area (Å²) >= 11 is 0. The Balaban J connectivity index is 1.60. The number of phenolic OH excluding ortho intramolecular Hbond substituents is 1. The molecule has 0 saturated heterocycles. The molecule has 0 aliphatic rings. The van der Waals surface area contributed by atoms with Gasteiger partial charge in [0.05, 0.1) is 18.2 Å². The van der Waals surface area contributed by atoms with Gasteiger partial charge in [0.2, 0.25) is 0 Å². The van der Waals surface area contributed by atoms with Gasteiger partial charge in [0.25, 0.3) is 0 Å². The minimum atomic E-state index is 0.132. The van der Waals surface area contributed by atoms with Crippen LogP contribution < -0.4 is 4.74 Å². The molecule has 0 aliphatic heterocycles. The highest BCUT2D eigenvalue weighted by Gasteiger charge is 2.16. The van der Waals surface area contributed by atoms with Crippen molar-refractivity contribution in [2.45, 2.75) is 0 Å². The van der Waals surface area contributed by atoms with Crippen LogP contribution in [0.2, 0.25) is 0 Å². The topological polar surface area (TPSA) is 73.1 Å². The number of ether oxygens (including phenoxy) is 1. The number of hydrogen-bond donors (Lipinski definition) is 1. The van der Waals surface area contributed by atoms with Crippen LogP contribution in [-0.4, -0.2) is 32.0 Å². The van der Waals surface area contributed by atoms with E-state index in [-0.39, 0.29) is 5.75 Å². The fraction of sp³-hybridized carbons (Fsp3) is 0.0385. The van der Waals surface area contributed by atoms with Crippen LogP contribution in [0.5, 0.6) is 11.5 Å². The summed E-state index contributed by atoms with van der Waals surface area (Å²) in [5, 5.41) is 16.2. The highest BCUT2D eigenvalue weighted by molar-refractivity contribution is 5.79. The lowest BCUT2D eigenvalue weighted by Crippen LogP contribution is -2.02. The van der Waals surface area contributed by atoms with Gasteiger partial charge in [-0.1, -0.05) is 48.5 Å². The second-order valence-electron chi connectivity index (χ2n) is 7.19. The third kappa shape index (κ3) is 3.81. The smallest absolute Gasteiger partial charge is 0.175 e. The summed E-state index contributed by atoms with van der Waals surface area (Å²) in [4.78, 5) is 9.44. The van der Waals surface area contributed by atoms with Crippen molar-refractivity contribution in [1.82, 2.24) is 19.7 Å². The highest BCUT2D eigenvalue weighted by atomic mass is 16.5. The summed E-state index contributed by atoms with van der Waals surface area (Å²) in [6, 6.07) is 26.6. The average Bonchev–Trinajstić information content (AvgIpc) is 3.27. The van der Waals surface area contributed by atoms with Gasteiger partial charge in [0.15, 0.2) is 17.5 Å². The Morgan fingerprint density at radius 2 is 1.59 bits per heavy atom. The van der Waals surface area contributed by atoms with Crippen LogP contribution in [0.3, 0.4) is 0 Å². The molecule has 0 unspecified atom stereocenters. The van der Waals surface area contributed by atoms with Gasteiger partial charge in [-0.25, -0.2) is 9.97 Å². The number of para-hydroxylation sites is 2. The Morgan fingerprint density at radius 3 is 2.41 bits per heavy atom. The Labute approximate surface area is 185 Å². The van der Waals surface area contributed by atoms with Crippen molar-refractivity contribution in [3.63, 3.8) is 0 Å². The minimum Gasteiger partial charge on any atom is -0.507 e. The van der Waals surface area contributed by atoms with Crippen LogP contribution in [0.1, 0.15) is 11.4 Å². The number of aromatic nitrogens is 4. The Morgan fingerprint density at radius 1 is 0.812 bits per heavy atom. The van der Waals surface area contributed by atoms with Crippen molar-refractivity contribution in [1.29, 1.82) is 0 Å². The van der Waals surface area contributed by atoms with E-state index >= 15 is 0 Å². The molecular weight excluding hydrogens is 400 g/mol. The SMILES string of the molecule is COc1ccc(C=Cc2nc(-c3ccccc3O)n(-c3ccc4ccccc4n3)n2)cc1. The van der Waals surface area contributed by atoms with Crippen LogP contribution in [0, 0.1) is 0 Å². The fourth-order valence-corrected chi connectivity index (χ4v) is 3.45. The predicted octanol–water partition coefficient (Wildman–Crippen LogP) is 5.37. The lowest BCUT2D eigenvalue weighted by Gasteiger charge is -2.07. The number of hydrogen-bond acceptors (Lipinski definition) is 5. The normalized spacial score (nSPS) is 11.3. The molecule has 0 bridgehead atoms. The van der Waals surface area contributed by atoms with E-state index in [4.69, 9.17) is 9.72 Å². The monoisotopic (exact) mass is 420 g/mol. The van der Waals surface area contributed by atoms with Gasteiger partial charge in [-0.05, 0) is 54.1 Å².